The lowest BCUT2D eigenvalue weighted by Gasteiger charge is -2.20. The minimum Gasteiger partial charge on any atom is -0.388 e. The number of phosphoric ester groups is 2. The standard InChI is InChI=1S/C15H22FN5O13P2/c16-15-19-12(17)8-13(20-15)21(4-18-8)14-11(25)10(24)7(33-14)3-32-36(28,29)34-35(26,27)31-2-6-9(23)5(22)1-30-6/h4-7,9-11,14,22-25H,1-3H2,(H,26,27)(H,28,29)(H2,17,19,20)/t5-,6+,7+,9-,10+,11+,14+/m0/s1. The third kappa shape index (κ3) is 5.73. The molecule has 2 unspecified atom stereocenters. The second kappa shape index (κ2) is 10.2. The number of anilines is 1. The second-order valence-electron chi connectivity index (χ2n) is 7.79. The normalized spacial score (nSPS) is 34.1. The van der Waals surface area contributed by atoms with Gasteiger partial charge in [-0.05, 0) is 0 Å². The van der Waals surface area contributed by atoms with Gasteiger partial charge in [0.25, 0.3) is 0 Å². The number of imidazole rings is 1. The molecule has 9 atom stereocenters. The zero-order valence-corrected chi connectivity index (χ0v) is 19.7. The molecule has 2 aliphatic heterocycles. The Bertz CT molecular complexity index is 1200. The molecule has 0 spiro atoms. The van der Waals surface area contributed by atoms with Crippen LogP contribution in [0.5, 0.6) is 0 Å². The van der Waals surface area contributed by atoms with Crippen molar-refractivity contribution in [2.45, 2.75) is 42.9 Å². The average molecular weight is 561 g/mol. The smallest absolute Gasteiger partial charge is 0.388 e. The molecule has 36 heavy (non-hydrogen) atoms. The van der Waals surface area contributed by atoms with E-state index in [1.807, 2.05) is 0 Å². The van der Waals surface area contributed by atoms with Crippen molar-refractivity contribution >= 4 is 32.6 Å². The largest absolute Gasteiger partial charge is 0.481 e. The Labute approximate surface area is 200 Å². The van der Waals surface area contributed by atoms with Crippen LogP contribution < -0.4 is 5.73 Å². The molecule has 0 aliphatic carbocycles. The summed E-state index contributed by atoms with van der Waals surface area (Å²) in [6.07, 6.45) is -10.2. The summed E-state index contributed by atoms with van der Waals surface area (Å²) in [6.45, 7) is -1.94. The number of nitrogens with two attached hydrogens (primary N) is 1. The van der Waals surface area contributed by atoms with Gasteiger partial charge < -0.3 is 45.4 Å². The number of nitrogen functional groups attached to an aromatic ring is 1. The van der Waals surface area contributed by atoms with E-state index in [9.17, 15) is 43.7 Å². The Kier molecular flexibility index (Phi) is 7.76. The van der Waals surface area contributed by atoms with Gasteiger partial charge in [-0.15, -0.1) is 0 Å². The number of aromatic nitrogens is 4. The molecular formula is C15H22FN5O13P2. The predicted octanol–water partition coefficient (Wildman–Crippen LogP) is -2.46. The number of hydrogen-bond acceptors (Lipinski definition) is 15. The zero-order valence-electron chi connectivity index (χ0n) is 17.9. The molecule has 2 fully saturated rings. The summed E-state index contributed by atoms with van der Waals surface area (Å²) in [6, 6.07) is 0. The minimum absolute atomic E-state index is 0.0154. The summed E-state index contributed by atoms with van der Waals surface area (Å²) in [5.41, 5.74) is 5.39. The molecule has 2 saturated heterocycles. The zero-order chi connectivity index (χ0) is 26.4. The lowest BCUT2D eigenvalue weighted by atomic mass is 10.1. The van der Waals surface area contributed by atoms with Crippen molar-refractivity contribution in [2.24, 2.45) is 0 Å². The second-order valence-corrected chi connectivity index (χ2v) is 10.8. The fourth-order valence-electron chi connectivity index (χ4n) is 3.52. The van der Waals surface area contributed by atoms with Crippen molar-refractivity contribution in [3.8, 4) is 0 Å². The van der Waals surface area contributed by atoms with Crippen LogP contribution >= 0.6 is 15.6 Å². The predicted molar refractivity (Wildman–Crippen MR) is 110 cm³/mol. The average Bonchev–Trinajstić information content (AvgIpc) is 3.42. The van der Waals surface area contributed by atoms with E-state index in [1.54, 1.807) is 0 Å². The van der Waals surface area contributed by atoms with Crippen molar-refractivity contribution in [1.82, 2.24) is 19.5 Å². The fourth-order valence-corrected chi connectivity index (χ4v) is 5.61. The van der Waals surface area contributed by atoms with Gasteiger partial charge in [0.2, 0.25) is 0 Å². The molecule has 8 N–H and O–H groups in total. The Morgan fingerprint density at radius 3 is 2.31 bits per heavy atom. The minimum atomic E-state index is -5.30. The van der Waals surface area contributed by atoms with Crippen molar-refractivity contribution in [1.29, 1.82) is 0 Å². The molecule has 0 aromatic carbocycles. The first kappa shape index (κ1) is 27.3. The van der Waals surface area contributed by atoms with Gasteiger partial charge in [0.15, 0.2) is 23.2 Å². The first-order valence-electron chi connectivity index (χ1n) is 10.1. The number of nitrogens with zero attached hydrogens (tertiary/aromatic N) is 4. The van der Waals surface area contributed by atoms with Crippen LogP contribution in [0.1, 0.15) is 6.23 Å². The highest BCUT2D eigenvalue weighted by atomic mass is 31.3. The van der Waals surface area contributed by atoms with Gasteiger partial charge >= 0.3 is 21.7 Å². The first-order chi connectivity index (χ1) is 16.8. The van der Waals surface area contributed by atoms with E-state index in [-0.39, 0.29) is 23.6 Å². The maximum absolute atomic E-state index is 13.6. The number of hydrogen-bond donors (Lipinski definition) is 7. The van der Waals surface area contributed by atoms with Gasteiger partial charge in [-0.25, -0.2) is 14.1 Å². The van der Waals surface area contributed by atoms with Gasteiger partial charge in [0.1, 0.15) is 36.6 Å². The van der Waals surface area contributed by atoms with Crippen molar-refractivity contribution in [3.05, 3.63) is 12.4 Å². The molecule has 0 bridgehead atoms. The highest BCUT2D eigenvalue weighted by Gasteiger charge is 2.46. The molecule has 2 aromatic heterocycles. The molecule has 0 amide bonds. The fraction of sp³-hybridized carbons (Fsp3) is 0.667. The van der Waals surface area contributed by atoms with Crippen molar-refractivity contribution in [2.75, 3.05) is 25.6 Å². The van der Waals surface area contributed by atoms with Gasteiger partial charge in [-0.3, -0.25) is 13.6 Å². The third-order valence-corrected chi connectivity index (χ3v) is 7.90. The van der Waals surface area contributed by atoms with Gasteiger partial charge in [0.05, 0.1) is 26.1 Å². The summed E-state index contributed by atoms with van der Waals surface area (Å²) < 4.78 is 62.4. The maximum Gasteiger partial charge on any atom is 0.481 e. The quantitative estimate of drug-likeness (QED) is 0.123. The summed E-state index contributed by atoms with van der Waals surface area (Å²) >= 11 is 0. The SMILES string of the molecule is Nc1nc(F)nc2c1ncn2[C@@H]1O[C@H](COP(=O)(O)OP(=O)(O)OC[C@H]2OC[C@H](O)[C@@H]2O)[C@@H](O)[C@H]1O. The molecule has 4 heterocycles. The Morgan fingerprint density at radius 1 is 1.06 bits per heavy atom. The third-order valence-electron chi connectivity index (χ3n) is 5.30. The van der Waals surface area contributed by atoms with Crippen LogP contribution in [0.4, 0.5) is 10.2 Å². The molecule has 2 aliphatic rings. The van der Waals surface area contributed by atoms with E-state index in [2.05, 4.69) is 28.3 Å². The number of phosphoric acid groups is 2. The van der Waals surface area contributed by atoms with Crippen molar-refractivity contribution < 1.29 is 66.6 Å². The Hall–Kier alpha value is -1.70. The summed E-state index contributed by atoms with van der Waals surface area (Å²) in [5, 5.41) is 39.6. The lowest BCUT2D eigenvalue weighted by molar-refractivity contribution is -0.0506. The van der Waals surface area contributed by atoms with Crippen LogP contribution in [0.2, 0.25) is 0 Å². The van der Waals surface area contributed by atoms with E-state index in [0.717, 1.165) is 10.9 Å². The molecular weight excluding hydrogens is 539 g/mol. The summed E-state index contributed by atoms with van der Waals surface area (Å²) in [4.78, 5) is 30.2. The van der Waals surface area contributed by atoms with E-state index >= 15 is 0 Å². The van der Waals surface area contributed by atoms with E-state index in [4.69, 9.17) is 15.2 Å². The van der Waals surface area contributed by atoms with Crippen LogP contribution in [0.25, 0.3) is 11.2 Å². The molecule has 202 valence electrons. The number of aliphatic hydroxyl groups is 4. The topological polar surface area (TPSA) is 271 Å². The highest BCUT2D eigenvalue weighted by Crippen LogP contribution is 2.60. The molecule has 21 heteroatoms. The number of ether oxygens (including phenoxy) is 2. The van der Waals surface area contributed by atoms with Crippen LogP contribution in [0.3, 0.4) is 0 Å². The number of aliphatic hydroxyl groups excluding tert-OH is 4. The molecule has 4 rings (SSSR count). The molecule has 0 saturated carbocycles. The van der Waals surface area contributed by atoms with Crippen molar-refractivity contribution in [3.63, 3.8) is 0 Å². The van der Waals surface area contributed by atoms with Crippen LogP contribution in [0, 0.1) is 6.08 Å². The molecule has 18 nitrogen and oxygen atoms in total. The maximum atomic E-state index is 13.6. The first-order valence-corrected chi connectivity index (χ1v) is 13.1. The Morgan fingerprint density at radius 2 is 1.69 bits per heavy atom. The van der Waals surface area contributed by atoms with Crippen LogP contribution in [-0.4, -0.2) is 106 Å². The van der Waals surface area contributed by atoms with E-state index in [0.29, 0.717) is 0 Å². The summed E-state index contributed by atoms with van der Waals surface area (Å²) in [7, 11) is -10.5. The number of fused-ring (bicyclic) bond motifs is 1. The Balaban J connectivity index is 1.36. The van der Waals surface area contributed by atoms with Gasteiger partial charge in [-0.2, -0.15) is 18.7 Å². The lowest BCUT2D eigenvalue weighted by Crippen LogP contribution is -2.33. The molecule has 2 aromatic rings. The van der Waals surface area contributed by atoms with Crippen LogP contribution in [-0.2, 0) is 32.0 Å². The van der Waals surface area contributed by atoms with E-state index < -0.39 is 77.8 Å². The number of rotatable bonds is 9. The monoisotopic (exact) mass is 561 g/mol. The van der Waals surface area contributed by atoms with Crippen LogP contribution in [0.15, 0.2) is 6.33 Å². The molecule has 0 radical (unpaired) electrons. The highest BCUT2D eigenvalue weighted by molar-refractivity contribution is 7.61. The number of halogens is 1. The van der Waals surface area contributed by atoms with Gasteiger partial charge in [0, 0.05) is 0 Å². The summed E-state index contributed by atoms with van der Waals surface area (Å²) in [5.74, 6) is -0.289. The van der Waals surface area contributed by atoms with Gasteiger partial charge in [-0.1, -0.05) is 0 Å². The van der Waals surface area contributed by atoms with E-state index in [1.165, 1.54) is 0 Å².